The van der Waals surface area contributed by atoms with Crippen molar-refractivity contribution in [3.8, 4) is 0 Å². The normalized spacial score (nSPS) is 24.1. The maximum absolute atomic E-state index is 13.6. The highest BCUT2D eigenvalue weighted by molar-refractivity contribution is 5.97. The van der Waals surface area contributed by atoms with E-state index in [1.807, 2.05) is 11.5 Å². The van der Waals surface area contributed by atoms with Gasteiger partial charge in [0, 0.05) is 29.5 Å². The molecule has 1 heterocycles. The number of aromatic nitrogens is 1. The molecule has 1 aromatic rings. The van der Waals surface area contributed by atoms with Crippen molar-refractivity contribution < 1.29 is 27.9 Å². The molecule has 4 rings (SSSR count). The molecule has 0 radical (unpaired) electrons. The van der Waals surface area contributed by atoms with Crippen LogP contribution < -0.4 is 5.32 Å². The van der Waals surface area contributed by atoms with E-state index in [1.165, 1.54) is 12.5 Å². The van der Waals surface area contributed by atoms with Crippen molar-refractivity contribution in [1.29, 1.82) is 0 Å². The summed E-state index contributed by atoms with van der Waals surface area (Å²) in [6.45, 7) is 9.81. The van der Waals surface area contributed by atoms with Crippen molar-refractivity contribution in [3.63, 3.8) is 0 Å². The number of aliphatic carboxylic acids is 1. The number of carboxylic acid groups (broad SMARTS) is 1. The molecule has 3 aliphatic rings. The molecule has 0 aromatic carbocycles. The number of hydrogen-bond donors (Lipinski definition) is 2. The molecule has 3 fully saturated rings. The van der Waals surface area contributed by atoms with Gasteiger partial charge in [-0.2, -0.15) is 13.2 Å². The molecule has 2 N–H and O–H groups in total. The van der Waals surface area contributed by atoms with Gasteiger partial charge in [-0.1, -0.05) is 32.8 Å². The summed E-state index contributed by atoms with van der Waals surface area (Å²) in [5, 5.41) is 12.1. The maximum Gasteiger partial charge on any atom is 0.412 e. The average molecular weight is 533 g/mol. The Bertz CT molecular complexity index is 1160. The molecule has 5 nitrogen and oxygen atoms in total. The molecular formula is C30H39F3N2O3. The van der Waals surface area contributed by atoms with Gasteiger partial charge in [-0.05, 0) is 93.1 Å². The van der Waals surface area contributed by atoms with Gasteiger partial charge < -0.3 is 15.0 Å². The lowest BCUT2D eigenvalue weighted by Crippen LogP contribution is -2.46. The second-order valence-corrected chi connectivity index (χ2v) is 11.8. The molecule has 1 aromatic heterocycles. The summed E-state index contributed by atoms with van der Waals surface area (Å²) >= 11 is 0. The van der Waals surface area contributed by atoms with Crippen molar-refractivity contribution in [2.24, 2.45) is 17.3 Å². The van der Waals surface area contributed by atoms with Gasteiger partial charge in [0.05, 0.1) is 11.5 Å². The van der Waals surface area contributed by atoms with Gasteiger partial charge in [0.1, 0.15) is 0 Å². The largest absolute Gasteiger partial charge is 0.481 e. The van der Waals surface area contributed by atoms with Gasteiger partial charge in [0.15, 0.2) is 0 Å². The summed E-state index contributed by atoms with van der Waals surface area (Å²) in [4.78, 5) is 24.5. The van der Waals surface area contributed by atoms with Crippen LogP contribution in [0, 0.1) is 24.2 Å². The summed E-state index contributed by atoms with van der Waals surface area (Å²) in [5.74, 6) is -1.24. The zero-order valence-electron chi connectivity index (χ0n) is 22.6. The molecule has 8 heteroatoms. The van der Waals surface area contributed by atoms with E-state index in [9.17, 15) is 22.8 Å². The summed E-state index contributed by atoms with van der Waals surface area (Å²) in [5.41, 5.74) is 2.11. The van der Waals surface area contributed by atoms with Gasteiger partial charge in [-0.15, -0.1) is 0 Å². The lowest BCUT2D eigenvalue weighted by atomic mass is 9.80. The van der Waals surface area contributed by atoms with E-state index in [2.05, 4.69) is 18.8 Å². The fourth-order valence-electron chi connectivity index (χ4n) is 5.55. The van der Waals surface area contributed by atoms with Crippen LogP contribution in [0.1, 0.15) is 93.4 Å². The number of amides is 1. The van der Waals surface area contributed by atoms with E-state index < -0.39 is 23.6 Å². The predicted octanol–water partition coefficient (Wildman–Crippen LogP) is 7.22. The minimum absolute atomic E-state index is 0.105. The number of halogens is 3. The summed E-state index contributed by atoms with van der Waals surface area (Å²) in [6, 6.07) is 1.49. The van der Waals surface area contributed by atoms with E-state index in [-0.39, 0.29) is 17.4 Å². The van der Waals surface area contributed by atoms with Crippen LogP contribution in [-0.4, -0.2) is 33.8 Å². The SMILES string of the molecule is C=C(/C=C(\C=C(/C)C(F)(F)F)c1cc(C(=O)NC2CC(C(=O)O)C2)c(C)n1CC1CCCCC1)C1(C)CC1. The Morgan fingerprint density at radius 2 is 1.82 bits per heavy atom. The summed E-state index contributed by atoms with van der Waals surface area (Å²) in [6.07, 6.45) is 6.70. The van der Waals surface area contributed by atoms with Crippen LogP contribution in [0.15, 0.2) is 35.9 Å². The van der Waals surface area contributed by atoms with E-state index >= 15 is 0 Å². The van der Waals surface area contributed by atoms with Crippen molar-refractivity contribution >= 4 is 17.4 Å². The predicted molar refractivity (Wildman–Crippen MR) is 142 cm³/mol. The Hall–Kier alpha value is -2.77. The van der Waals surface area contributed by atoms with E-state index in [4.69, 9.17) is 5.11 Å². The molecule has 0 spiro atoms. The van der Waals surface area contributed by atoms with Crippen molar-refractivity contribution in [2.75, 3.05) is 0 Å². The van der Waals surface area contributed by atoms with Crippen molar-refractivity contribution in [3.05, 3.63) is 52.9 Å². The Labute approximate surface area is 222 Å². The minimum atomic E-state index is -4.47. The van der Waals surface area contributed by atoms with Crippen LogP contribution in [0.5, 0.6) is 0 Å². The fourth-order valence-corrected chi connectivity index (χ4v) is 5.55. The number of alkyl halides is 3. The molecule has 38 heavy (non-hydrogen) atoms. The highest BCUT2D eigenvalue weighted by Crippen LogP contribution is 2.52. The quantitative estimate of drug-likeness (QED) is 0.330. The first kappa shape index (κ1) is 28.2. The molecule has 1 amide bonds. The van der Waals surface area contributed by atoms with Crippen LogP contribution in [0.2, 0.25) is 0 Å². The number of allylic oxidation sites excluding steroid dienone is 5. The average Bonchev–Trinajstić information content (AvgIpc) is 3.50. The van der Waals surface area contributed by atoms with Gasteiger partial charge in [-0.25, -0.2) is 0 Å². The Morgan fingerprint density at radius 1 is 1.18 bits per heavy atom. The number of nitrogens with zero attached hydrogens (tertiary/aromatic N) is 1. The molecular weight excluding hydrogens is 493 g/mol. The number of hydrogen-bond acceptors (Lipinski definition) is 2. The zero-order chi connectivity index (χ0) is 27.8. The van der Waals surface area contributed by atoms with Crippen LogP contribution in [0.3, 0.4) is 0 Å². The second kappa shape index (κ2) is 10.8. The lowest BCUT2D eigenvalue weighted by molar-refractivity contribution is -0.145. The highest BCUT2D eigenvalue weighted by atomic mass is 19.4. The minimum Gasteiger partial charge on any atom is -0.481 e. The molecule has 0 bridgehead atoms. The zero-order valence-corrected chi connectivity index (χ0v) is 22.6. The molecule has 3 saturated carbocycles. The summed E-state index contributed by atoms with van der Waals surface area (Å²) in [7, 11) is 0. The molecule has 0 aliphatic heterocycles. The van der Waals surface area contributed by atoms with Crippen molar-refractivity contribution in [1.82, 2.24) is 9.88 Å². The van der Waals surface area contributed by atoms with Gasteiger partial charge in [-0.3, -0.25) is 9.59 Å². The first-order valence-corrected chi connectivity index (χ1v) is 13.7. The molecule has 3 aliphatic carbocycles. The number of carbonyl (C=O) groups is 2. The van der Waals surface area contributed by atoms with E-state index in [0.29, 0.717) is 47.8 Å². The Kier molecular flexibility index (Phi) is 8.01. The summed E-state index contributed by atoms with van der Waals surface area (Å²) < 4.78 is 42.9. The van der Waals surface area contributed by atoms with Crippen LogP contribution in [-0.2, 0) is 11.3 Å². The molecule has 0 unspecified atom stereocenters. The lowest BCUT2D eigenvalue weighted by Gasteiger charge is -2.32. The van der Waals surface area contributed by atoms with Gasteiger partial charge >= 0.3 is 12.1 Å². The van der Waals surface area contributed by atoms with Crippen LogP contribution in [0.4, 0.5) is 13.2 Å². The number of carbonyl (C=O) groups excluding carboxylic acids is 1. The number of rotatable bonds is 9. The molecule has 0 saturated heterocycles. The first-order chi connectivity index (χ1) is 17.8. The fraction of sp³-hybridized carbons (Fsp3) is 0.600. The topological polar surface area (TPSA) is 71.3 Å². The molecule has 208 valence electrons. The maximum atomic E-state index is 13.6. The first-order valence-electron chi connectivity index (χ1n) is 13.7. The standard InChI is InChI=1S/C30H39F3N2O3/c1-18(29(4)10-11-29)12-22(13-19(2)30(31,32)33)26-16-25(27(36)34-24-14-23(15-24)28(37)38)20(3)35(26)17-21-8-6-5-7-9-21/h12-13,16,21,23-24H,1,5-11,14-15,17H2,2-4H3,(H,34,36)(H,37,38)/b19-13+,22-12+. The van der Waals surface area contributed by atoms with E-state index in [0.717, 1.165) is 51.0 Å². The highest BCUT2D eigenvalue weighted by Gasteiger charge is 2.40. The molecule has 0 atom stereocenters. The number of carboxylic acids is 1. The number of nitrogens with one attached hydrogen (secondary N) is 1. The van der Waals surface area contributed by atoms with Crippen LogP contribution in [0.25, 0.3) is 5.57 Å². The monoisotopic (exact) mass is 532 g/mol. The van der Waals surface area contributed by atoms with E-state index in [1.54, 1.807) is 12.1 Å². The van der Waals surface area contributed by atoms with Crippen molar-refractivity contribution in [2.45, 2.75) is 97.3 Å². The Morgan fingerprint density at radius 3 is 2.37 bits per heavy atom. The Balaban J connectivity index is 1.73. The van der Waals surface area contributed by atoms with Gasteiger partial charge in [0.2, 0.25) is 0 Å². The third-order valence-electron chi connectivity index (χ3n) is 8.82. The van der Waals surface area contributed by atoms with Gasteiger partial charge in [0.25, 0.3) is 5.91 Å². The van der Waals surface area contributed by atoms with Crippen LogP contribution >= 0.6 is 0 Å². The second-order valence-electron chi connectivity index (χ2n) is 11.8. The third kappa shape index (κ3) is 6.26. The smallest absolute Gasteiger partial charge is 0.412 e. The third-order valence-corrected chi connectivity index (χ3v) is 8.82.